The van der Waals surface area contributed by atoms with Crippen LogP contribution in [-0.4, -0.2) is 65.7 Å². The van der Waals surface area contributed by atoms with Gasteiger partial charge in [0.25, 0.3) is 0 Å². The Hall–Kier alpha value is -6.51. The largest absolute Gasteiger partial charge is 0.497 e. The first kappa shape index (κ1) is 42.6. The second-order valence-electron chi connectivity index (χ2n) is 14.0. The summed E-state index contributed by atoms with van der Waals surface area (Å²) in [5.41, 5.74) is 1.47. The molecular weight excluding hydrogens is 757 g/mol. The summed E-state index contributed by atoms with van der Waals surface area (Å²) in [5.74, 6) is -5.47. The van der Waals surface area contributed by atoms with Crippen LogP contribution in [0.15, 0.2) is 103 Å². The second kappa shape index (κ2) is 19.6. The van der Waals surface area contributed by atoms with Crippen LogP contribution in [0.25, 0.3) is 0 Å². The molecule has 2 bridgehead atoms. The molecule has 58 heavy (non-hydrogen) atoms. The molecule has 15 heteroatoms. The van der Waals surface area contributed by atoms with Gasteiger partial charge in [0.05, 0.1) is 24.6 Å². The zero-order chi connectivity index (χ0) is 41.8. The lowest BCUT2D eigenvalue weighted by atomic mass is 9.90. The number of carbonyl (C=O) groups is 6. The summed E-state index contributed by atoms with van der Waals surface area (Å²) in [7, 11) is 1.46. The number of carboxylic acids is 1. The van der Waals surface area contributed by atoms with Crippen LogP contribution in [0.2, 0.25) is 0 Å². The highest BCUT2D eigenvalue weighted by Crippen LogP contribution is 2.29. The Morgan fingerprint density at radius 3 is 1.88 bits per heavy atom. The number of aliphatic carboxylic acids is 1. The van der Waals surface area contributed by atoms with Crippen LogP contribution in [0.1, 0.15) is 47.1 Å². The number of ketones is 1. The molecule has 4 aromatic carbocycles. The standard InChI is InChI=1S/C43H43F3N4O8/c1-58-33-9-5-8-29(21-33)24-35-40(54)50-36(23-28-10-14-31(15-11-28)43(44,45)46)41(55)49-34(22-26-6-3-2-4-7-26)37(51)25-30(42(56)57)20-27-12-16-32(17-13-27)47-38(52)18-19-39(53)48-35/h2-17,21,30,34-36H,18-20,22-25H2,1H3,(H,47,52)(H,48,53)(H,49,55)(H,50,54)(H,56,57)/t30-,34-,35-,36+/m1/s1. The Morgan fingerprint density at radius 2 is 1.24 bits per heavy atom. The average Bonchev–Trinajstić information content (AvgIpc) is 3.19. The average molecular weight is 801 g/mol. The minimum absolute atomic E-state index is 0.0401. The number of hydrogen-bond donors (Lipinski definition) is 5. The fraction of sp³-hybridized carbons (Fsp3) is 0.302. The molecule has 4 aromatic rings. The molecule has 0 fully saturated rings. The van der Waals surface area contributed by atoms with E-state index in [1.807, 2.05) is 0 Å². The van der Waals surface area contributed by atoms with Gasteiger partial charge in [-0.05, 0) is 71.5 Å². The molecule has 4 amide bonds. The van der Waals surface area contributed by atoms with Gasteiger partial charge in [0.2, 0.25) is 23.6 Å². The third kappa shape index (κ3) is 12.5. The molecule has 2 aliphatic heterocycles. The van der Waals surface area contributed by atoms with E-state index in [-0.39, 0.29) is 44.1 Å². The number of hydrogen-bond acceptors (Lipinski definition) is 7. The summed E-state index contributed by atoms with van der Waals surface area (Å²) in [6, 6.07) is 21.7. The number of benzene rings is 4. The van der Waals surface area contributed by atoms with Gasteiger partial charge in [-0.3, -0.25) is 28.8 Å². The molecule has 2 heterocycles. The quantitative estimate of drug-likeness (QED) is 0.157. The highest BCUT2D eigenvalue weighted by molar-refractivity contribution is 5.97. The van der Waals surface area contributed by atoms with Gasteiger partial charge in [-0.15, -0.1) is 0 Å². The summed E-state index contributed by atoms with van der Waals surface area (Å²) in [4.78, 5) is 81.0. The van der Waals surface area contributed by atoms with Crippen molar-refractivity contribution in [3.8, 4) is 5.75 Å². The van der Waals surface area contributed by atoms with Crippen molar-refractivity contribution in [1.82, 2.24) is 16.0 Å². The summed E-state index contributed by atoms with van der Waals surface area (Å²) in [5, 5.41) is 20.8. The van der Waals surface area contributed by atoms with Gasteiger partial charge >= 0.3 is 12.1 Å². The van der Waals surface area contributed by atoms with Crippen LogP contribution in [-0.2, 0) is 60.6 Å². The molecule has 0 saturated carbocycles. The number of rotatable bonds is 8. The molecule has 0 radical (unpaired) electrons. The number of amides is 4. The predicted octanol–water partition coefficient (Wildman–Crippen LogP) is 4.83. The Morgan fingerprint density at radius 1 is 0.672 bits per heavy atom. The van der Waals surface area contributed by atoms with Crippen molar-refractivity contribution < 1.29 is 51.8 Å². The number of carbonyl (C=O) groups excluding carboxylic acids is 5. The zero-order valence-corrected chi connectivity index (χ0v) is 31.5. The molecule has 0 unspecified atom stereocenters. The lowest BCUT2D eigenvalue weighted by Gasteiger charge is -2.26. The predicted molar refractivity (Wildman–Crippen MR) is 207 cm³/mol. The summed E-state index contributed by atoms with van der Waals surface area (Å²) < 4.78 is 45.5. The first-order chi connectivity index (χ1) is 27.7. The summed E-state index contributed by atoms with van der Waals surface area (Å²) in [6.45, 7) is 0. The van der Waals surface area contributed by atoms with Crippen LogP contribution in [0.4, 0.5) is 18.9 Å². The fourth-order valence-electron chi connectivity index (χ4n) is 6.52. The molecule has 4 atom stereocenters. The van der Waals surface area contributed by atoms with Crippen molar-refractivity contribution in [3.05, 3.63) is 131 Å². The second-order valence-corrected chi connectivity index (χ2v) is 14.0. The number of Topliss-reactive ketones (excluding diaryl/α,β-unsaturated/α-hetero) is 1. The molecule has 12 nitrogen and oxygen atoms in total. The number of carboxylic acid groups (broad SMARTS) is 1. The molecule has 2 aliphatic rings. The van der Waals surface area contributed by atoms with E-state index in [0.29, 0.717) is 28.1 Å². The SMILES string of the molecule is COc1cccc(C[C@H]2NC(=O)CCC(=O)Nc3ccc(cc3)C[C@@H](C(=O)O)CC(=O)[C@@H](Cc3ccccc3)NC(=O)[C@H](Cc3ccc(C(F)(F)F)cc3)NC2=O)c1. The van der Waals surface area contributed by atoms with Crippen LogP contribution in [0.3, 0.4) is 0 Å². The minimum atomic E-state index is -4.63. The van der Waals surface area contributed by atoms with Crippen LogP contribution >= 0.6 is 0 Å². The summed E-state index contributed by atoms with van der Waals surface area (Å²) >= 11 is 0. The number of nitrogens with one attached hydrogen (secondary N) is 4. The number of halogens is 3. The maximum Gasteiger partial charge on any atom is 0.416 e. The third-order valence-electron chi connectivity index (χ3n) is 9.66. The Bertz CT molecular complexity index is 2090. The van der Waals surface area contributed by atoms with E-state index in [4.69, 9.17) is 4.74 Å². The Kier molecular flexibility index (Phi) is 14.4. The van der Waals surface area contributed by atoms with Crippen LogP contribution < -0.4 is 26.0 Å². The molecule has 6 rings (SSSR count). The maximum atomic E-state index is 14.3. The topological polar surface area (TPSA) is 180 Å². The van der Waals surface area contributed by atoms with E-state index in [0.717, 1.165) is 12.1 Å². The molecular formula is C43H43F3N4O8. The fourth-order valence-corrected chi connectivity index (χ4v) is 6.52. The summed E-state index contributed by atoms with van der Waals surface area (Å²) in [6.07, 6.45) is -6.18. The number of ether oxygens (including phenoxy) is 1. The number of alkyl halides is 3. The van der Waals surface area contributed by atoms with Gasteiger partial charge in [-0.1, -0.05) is 66.7 Å². The molecule has 0 aliphatic carbocycles. The highest BCUT2D eigenvalue weighted by atomic mass is 19.4. The van der Waals surface area contributed by atoms with Gasteiger partial charge in [0.15, 0.2) is 5.78 Å². The Balaban J connectivity index is 1.53. The Labute approximate surface area is 332 Å². The van der Waals surface area contributed by atoms with Gasteiger partial charge in [0.1, 0.15) is 17.8 Å². The van der Waals surface area contributed by atoms with E-state index in [1.165, 1.54) is 19.2 Å². The molecule has 0 spiro atoms. The van der Waals surface area contributed by atoms with Crippen molar-refractivity contribution in [2.75, 3.05) is 12.4 Å². The van der Waals surface area contributed by atoms with Crippen molar-refractivity contribution in [2.45, 2.75) is 69.2 Å². The number of methoxy groups -OCH3 is 1. The van der Waals surface area contributed by atoms with Crippen LogP contribution in [0, 0.1) is 5.92 Å². The maximum absolute atomic E-state index is 14.3. The normalized spacial score (nSPS) is 20.2. The number of anilines is 1. The van der Waals surface area contributed by atoms with Gasteiger partial charge in [-0.25, -0.2) is 0 Å². The van der Waals surface area contributed by atoms with Crippen LogP contribution in [0.5, 0.6) is 5.75 Å². The third-order valence-corrected chi connectivity index (χ3v) is 9.66. The van der Waals surface area contributed by atoms with Gasteiger partial charge < -0.3 is 31.1 Å². The van der Waals surface area contributed by atoms with Crippen molar-refractivity contribution in [3.63, 3.8) is 0 Å². The first-order valence-electron chi connectivity index (χ1n) is 18.5. The van der Waals surface area contributed by atoms with E-state index >= 15 is 0 Å². The van der Waals surface area contributed by atoms with E-state index in [2.05, 4.69) is 21.3 Å². The van der Waals surface area contributed by atoms with Gasteiger partial charge in [-0.2, -0.15) is 13.2 Å². The van der Waals surface area contributed by atoms with Gasteiger partial charge in [0, 0.05) is 37.8 Å². The zero-order valence-electron chi connectivity index (χ0n) is 31.5. The van der Waals surface area contributed by atoms with E-state index in [1.54, 1.807) is 78.9 Å². The van der Waals surface area contributed by atoms with Crippen molar-refractivity contribution in [1.29, 1.82) is 0 Å². The van der Waals surface area contributed by atoms with E-state index in [9.17, 15) is 47.0 Å². The van der Waals surface area contributed by atoms with Crippen molar-refractivity contribution >= 4 is 41.1 Å². The highest BCUT2D eigenvalue weighted by Gasteiger charge is 2.34. The minimum Gasteiger partial charge on any atom is -0.497 e. The smallest absolute Gasteiger partial charge is 0.416 e. The monoisotopic (exact) mass is 800 g/mol. The van der Waals surface area contributed by atoms with Crippen molar-refractivity contribution in [2.24, 2.45) is 5.92 Å². The van der Waals surface area contributed by atoms with E-state index < -0.39 is 77.6 Å². The first-order valence-corrected chi connectivity index (χ1v) is 18.5. The molecule has 304 valence electrons. The lowest BCUT2D eigenvalue weighted by Crippen LogP contribution is -2.57. The molecule has 5 N–H and O–H groups in total. The lowest BCUT2D eigenvalue weighted by molar-refractivity contribution is -0.144. The molecule has 0 aromatic heterocycles. The number of fused-ring (bicyclic) bond motifs is 18. The molecule has 0 saturated heterocycles.